The Labute approximate surface area is 113 Å². The van der Waals surface area contributed by atoms with Crippen molar-refractivity contribution in [3.8, 4) is 11.3 Å². The maximum atomic E-state index is 6.47. The van der Waals surface area contributed by atoms with Crippen molar-refractivity contribution in [1.29, 1.82) is 0 Å². The lowest BCUT2D eigenvalue weighted by Crippen LogP contribution is -2.35. The molecule has 0 aliphatic heterocycles. The SMILES string of the molecule is Cc1cc(-c2ccccc2)nc(C2(N)CCCC2)n1. The number of hydrogen-bond acceptors (Lipinski definition) is 3. The Morgan fingerprint density at radius 2 is 1.74 bits per heavy atom. The minimum absolute atomic E-state index is 0.324. The maximum Gasteiger partial charge on any atom is 0.149 e. The summed E-state index contributed by atoms with van der Waals surface area (Å²) >= 11 is 0. The van der Waals surface area contributed by atoms with E-state index in [4.69, 9.17) is 10.7 Å². The maximum absolute atomic E-state index is 6.47. The molecule has 0 bridgehead atoms. The summed E-state index contributed by atoms with van der Waals surface area (Å²) in [5.74, 6) is 0.809. The van der Waals surface area contributed by atoms with Gasteiger partial charge < -0.3 is 5.73 Å². The van der Waals surface area contributed by atoms with Crippen molar-refractivity contribution >= 4 is 0 Å². The van der Waals surface area contributed by atoms with Crippen LogP contribution in [0.25, 0.3) is 11.3 Å². The molecule has 98 valence electrons. The van der Waals surface area contributed by atoms with Crippen LogP contribution in [-0.2, 0) is 5.54 Å². The normalized spacial score (nSPS) is 17.6. The first-order chi connectivity index (χ1) is 9.17. The first-order valence-electron chi connectivity index (χ1n) is 6.88. The van der Waals surface area contributed by atoms with E-state index in [0.29, 0.717) is 0 Å². The van der Waals surface area contributed by atoms with E-state index in [1.165, 1.54) is 12.8 Å². The molecule has 3 heteroatoms. The van der Waals surface area contributed by atoms with Crippen molar-refractivity contribution in [3.63, 3.8) is 0 Å². The molecule has 1 aliphatic rings. The highest BCUT2D eigenvalue weighted by molar-refractivity contribution is 5.59. The fourth-order valence-electron chi connectivity index (χ4n) is 2.78. The minimum Gasteiger partial charge on any atom is -0.319 e. The van der Waals surface area contributed by atoms with Crippen molar-refractivity contribution in [2.45, 2.75) is 38.1 Å². The molecule has 0 amide bonds. The highest BCUT2D eigenvalue weighted by Crippen LogP contribution is 2.35. The van der Waals surface area contributed by atoms with E-state index in [2.05, 4.69) is 17.1 Å². The molecule has 3 nitrogen and oxygen atoms in total. The predicted octanol–water partition coefficient (Wildman–Crippen LogP) is 3.18. The second-order valence-electron chi connectivity index (χ2n) is 5.45. The molecule has 1 aromatic heterocycles. The number of nitrogens with zero attached hydrogens (tertiary/aromatic N) is 2. The number of aryl methyl sites for hydroxylation is 1. The van der Waals surface area contributed by atoms with Gasteiger partial charge in [-0.25, -0.2) is 9.97 Å². The number of benzene rings is 1. The third-order valence-electron chi connectivity index (χ3n) is 3.86. The highest BCUT2D eigenvalue weighted by Gasteiger charge is 2.34. The van der Waals surface area contributed by atoms with Crippen LogP contribution in [0, 0.1) is 6.92 Å². The van der Waals surface area contributed by atoms with Gasteiger partial charge in [0.05, 0.1) is 11.2 Å². The highest BCUT2D eigenvalue weighted by atomic mass is 15.0. The third kappa shape index (κ3) is 2.38. The molecule has 1 heterocycles. The van der Waals surface area contributed by atoms with Gasteiger partial charge in [0, 0.05) is 11.3 Å². The quantitative estimate of drug-likeness (QED) is 0.894. The fourth-order valence-corrected chi connectivity index (χ4v) is 2.78. The molecule has 19 heavy (non-hydrogen) atoms. The van der Waals surface area contributed by atoms with Crippen LogP contribution in [0.3, 0.4) is 0 Å². The Morgan fingerprint density at radius 1 is 1.05 bits per heavy atom. The third-order valence-corrected chi connectivity index (χ3v) is 3.86. The molecule has 2 N–H and O–H groups in total. The van der Waals surface area contributed by atoms with E-state index >= 15 is 0 Å². The predicted molar refractivity (Wildman–Crippen MR) is 76.5 cm³/mol. The van der Waals surface area contributed by atoms with Crippen molar-refractivity contribution in [2.24, 2.45) is 5.73 Å². The van der Waals surface area contributed by atoms with Crippen LogP contribution in [0.15, 0.2) is 36.4 Å². The van der Waals surface area contributed by atoms with Gasteiger partial charge in [-0.2, -0.15) is 0 Å². The molecule has 1 fully saturated rings. The lowest BCUT2D eigenvalue weighted by Gasteiger charge is -2.22. The monoisotopic (exact) mass is 253 g/mol. The van der Waals surface area contributed by atoms with Crippen molar-refractivity contribution in [3.05, 3.63) is 47.9 Å². The standard InChI is InChI=1S/C16H19N3/c1-12-11-14(13-7-3-2-4-8-13)19-15(18-12)16(17)9-5-6-10-16/h2-4,7-8,11H,5-6,9-10,17H2,1H3. The molecule has 3 rings (SSSR count). The largest absolute Gasteiger partial charge is 0.319 e. The second-order valence-corrected chi connectivity index (χ2v) is 5.45. The zero-order valence-corrected chi connectivity index (χ0v) is 11.3. The second kappa shape index (κ2) is 4.74. The Bertz CT molecular complexity index is 572. The zero-order valence-electron chi connectivity index (χ0n) is 11.3. The number of aromatic nitrogens is 2. The van der Waals surface area contributed by atoms with E-state index in [1.807, 2.05) is 31.2 Å². The van der Waals surface area contributed by atoms with Crippen LogP contribution < -0.4 is 5.73 Å². The average molecular weight is 253 g/mol. The first kappa shape index (κ1) is 12.3. The van der Waals surface area contributed by atoms with Gasteiger partial charge in [-0.1, -0.05) is 43.2 Å². The van der Waals surface area contributed by atoms with Crippen molar-refractivity contribution in [2.75, 3.05) is 0 Å². The van der Waals surface area contributed by atoms with E-state index in [0.717, 1.165) is 35.6 Å². The molecule has 0 unspecified atom stereocenters. The average Bonchev–Trinajstić information content (AvgIpc) is 2.87. The summed E-state index contributed by atoms with van der Waals surface area (Å²) in [6, 6.07) is 12.2. The van der Waals surface area contributed by atoms with Crippen LogP contribution in [0.1, 0.15) is 37.2 Å². The Kier molecular flexibility index (Phi) is 3.07. The smallest absolute Gasteiger partial charge is 0.149 e. The summed E-state index contributed by atoms with van der Waals surface area (Å²) < 4.78 is 0. The van der Waals surface area contributed by atoms with Crippen LogP contribution in [-0.4, -0.2) is 9.97 Å². The van der Waals surface area contributed by atoms with E-state index in [9.17, 15) is 0 Å². The molecular formula is C16H19N3. The van der Waals surface area contributed by atoms with Gasteiger partial charge in [0.15, 0.2) is 0 Å². The summed E-state index contributed by atoms with van der Waals surface area (Å²) in [7, 11) is 0. The number of nitrogens with two attached hydrogens (primary N) is 1. The molecule has 0 atom stereocenters. The number of hydrogen-bond donors (Lipinski definition) is 1. The van der Waals surface area contributed by atoms with E-state index in [-0.39, 0.29) is 5.54 Å². The van der Waals surface area contributed by atoms with Crippen molar-refractivity contribution in [1.82, 2.24) is 9.97 Å². The molecule has 2 aromatic rings. The van der Waals surface area contributed by atoms with E-state index < -0.39 is 0 Å². The lowest BCUT2D eigenvalue weighted by atomic mass is 9.97. The summed E-state index contributed by atoms with van der Waals surface area (Å²) in [4.78, 5) is 9.30. The summed E-state index contributed by atoms with van der Waals surface area (Å²) in [6.45, 7) is 2.01. The summed E-state index contributed by atoms with van der Waals surface area (Å²) in [5.41, 5.74) is 9.23. The first-order valence-corrected chi connectivity index (χ1v) is 6.88. The summed E-state index contributed by atoms with van der Waals surface area (Å²) in [6.07, 6.45) is 4.33. The van der Waals surface area contributed by atoms with Crippen LogP contribution in [0.4, 0.5) is 0 Å². The fraction of sp³-hybridized carbons (Fsp3) is 0.375. The molecule has 1 saturated carbocycles. The molecule has 1 aromatic carbocycles. The van der Waals surface area contributed by atoms with Gasteiger partial charge in [0.25, 0.3) is 0 Å². The van der Waals surface area contributed by atoms with Gasteiger partial charge >= 0.3 is 0 Å². The van der Waals surface area contributed by atoms with Gasteiger partial charge in [-0.3, -0.25) is 0 Å². The van der Waals surface area contributed by atoms with E-state index in [1.54, 1.807) is 0 Å². The summed E-state index contributed by atoms with van der Waals surface area (Å²) in [5, 5.41) is 0. The van der Waals surface area contributed by atoms with Crippen LogP contribution >= 0.6 is 0 Å². The Morgan fingerprint density at radius 3 is 2.42 bits per heavy atom. The molecule has 0 radical (unpaired) electrons. The minimum atomic E-state index is -0.324. The zero-order chi connectivity index (χ0) is 13.3. The van der Waals surface area contributed by atoms with Gasteiger partial charge in [-0.15, -0.1) is 0 Å². The Balaban J connectivity index is 2.06. The Hall–Kier alpha value is -1.74. The molecule has 0 saturated heterocycles. The van der Waals surface area contributed by atoms with Crippen LogP contribution in [0.2, 0.25) is 0 Å². The molecular weight excluding hydrogens is 234 g/mol. The van der Waals surface area contributed by atoms with Crippen LogP contribution in [0.5, 0.6) is 0 Å². The molecule has 0 spiro atoms. The molecule has 1 aliphatic carbocycles. The van der Waals surface area contributed by atoms with Crippen molar-refractivity contribution < 1.29 is 0 Å². The topological polar surface area (TPSA) is 51.8 Å². The van der Waals surface area contributed by atoms with Gasteiger partial charge in [0.2, 0.25) is 0 Å². The lowest BCUT2D eigenvalue weighted by molar-refractivity contribution is 0.430. The van der Waals surface area contributed by atoms with Gasteiger partial charge in [-0.05, 0) is 25.8 Å². The van der Waals surface area contributed by atoms with Gasteiger partial charge in [0.1, 0.15) is 5.82 Å². The number of rotatable bonds is 2.